The number of anilines is 1. The lowest BCUT2D eigenvalue weighted by Crippen LogP contribution is -2.56. The zero-order valence-electron chi connectivity index (χ0n) is 23.0. The second kappa shape index (κ2) is 12.4. The molecule has 0 radical (unpaired) electrons. The number of aryl methyl sites for hydroxylation is 1. The number of hydrogen-bond donors (Lipinski definition) is 1. The Morgan fingerprint density at radius 3 is 2.13 bits per heavy atom. The molecule has 0 aliphatic heterocycles. The van der Waals surface area contributed by atoms with Crippen molar-refractivity contribution in [2.45, 2.75) is 52.2 Å². The second-order valence-corrected chi connectivity index (χ2v) is 12.6. The Balaban J connectivity index is 2.07. The minimum Gasteiger partial charge on any atom is -0.350 e. The fourth-order valence-corrected chi connectivity index (χ4v) is 5.03. The number of sulfonamides is 1. The van der Waals surface area contributed by atoms with Crippen molar-refractivity contribution >= 4 is 27.5 Å². The molecule has 1 N–H and O–H groups in total. The van der Waals surface area contributed by atoms with Crippen molar-refractivity contribution < 1.29 is 22.4 Å². The standard InChI is InChI=1S/C30H36FN3O4S/c1-22-10-9-13-26(18-22)34(39(5,37)38)21-28(35)33(20-24-14-16-25(31)17-15-24)27(29(36)32-30(2,3)4)19-23-11-7-6-8-12-23/h6-18,27H,19-21H2,1-5H3,(H,32,36). The first-order valence-electron chi connectivity index (χ1n) is 12.7. The van der Waals surface area contributed by atoms with E-state index in [4.69, 9.17) is 0 Å². The molecule has 3 rings (SSSR count). The van der Waals surface area contributed by atoms with E-state index in [1.54, 1.807) is 30.3 Å². The number of amides is 2. The number of halogens is 1. The fourth-order valence-electron chi connectivity index (χ4n) is 4.19. The summed E-state index contributed by atoms with van der Waals surface area (Å²) < 4.78 is 40.3. The first kappa shape index (κ1) is 29.8. The molecule has 0 aliphatic carbocycles. The smallest absolute Gasteiger partial charge is 0.244 e. The minimum atomic E-state index is -3.84. The van der Waals surface area contributed by atoms with Gasteiger partial charge in [-0.1, -0.05) is 54.6 Å². The van der Waals surface area contributed by atoms with E-state index >= 15 is 0 Å². The molecule has 0 bridgehead atoms. The van der Waals surface area contributed by atoms with Crippen LogP contribution in [0.3, 0.4) is 0 Å². The quantitative estimate of drug-likeness (QED) is 0.402. The third-order valence-corrected chi connectivity index (χ3v) is 7.14. The van der Waals surface area contributed by atoms with E-state index in [-0.39, 0.29) is 18.9 Å². The van der Waals surface area contributed by atoms with Gasteiger partial charge in [-0.3, -0.25) is 13.9 Å². The Bertz CT molecular complexity index is 1390. The van der Waals surface area contributed by atoms with Crippen LogP contribution in [0.25, 0.3) is 0 Å². The minimum absolute atomic E-state index is 0.0143. The molecule has 7 nitrogen and oxygen atoms in total. The average Bonchev–Trinajstić information content (AvgIpc) is 2.84. The molecule has 1 atom stereocenters. The van der Waals surface area contributed by atoms with Crippen LogP contribution in [0, 0.1) is 12.7 Å². The lowest BCUT2D eigenvalue weighted by atomic mass is 10.0. The highest BCUT2D eigenvalue weighted by Crippen LogP contribution is 2.22. The van der Waals surface area contributed by atoms with Crippen molar-refractivity contribution in [1.29, 1.82) is 0 Å². The van der Waals surface area contributed by atoms with Gasteiger partial charge in [-0.2, -0.15) is 0 Å². The van der Waals surface area contributed by atoms with Crippen molar-refractivity contribution in [1.82, 2.24) is 10.2 Å². The summed E-state index contributed by atoms with van der Waals surface area (Å²) in [4.78, 5) is 29.0. The molecule has 3 aromatic rings. The summed E-state index contributed by atoms with van der Waals surface area (Å²) in [6.07, 6.45) is 1.25. The topological polar surface area (TPSA) is 86.8 Å². The van der Waals surface area contributed by atoms with Gasteiger partial charge in [0, 0.05) is 18.5 Å². The third-order valence-electron chi connectivity index (χ3n) is 6.00. The molecule has 208 valence electrons. The van der Waals surface area contributed by atoms with Gasteiger partial charge in [0.15, 0.2) is 0 Å². The molecular formula is C30H36FN3O4S. The summed E-state index contributed by atoms with van der Waals surface area (Å²) in [5, 5.41) is 2.97. The monoisotopic (exact) mass is 553 g/mol. The zero-order valence-corrected chi connectivity index (χ0v) is 23.8. The van der Waals surface area contributed by atoms with E-state index in [0.717, 1.165) is 21.7 Å². The molecule has 0 heterocycles. The van der Waals surface area contributed by atoms with Crippen LogP contribution in [0.15, 0.2) is 78.9 Å². The van der Waals surface area contributed by atoms with Gasteiger partial charge in [-0.05, 0) is 68.7 Å². The fraction of sp³-hybridized carbons (Fsp3) is 0.333. The molecule has 0 saturated carbocycles. The molecule has 3 aromatic carbocycles. The van der Waals surface area contributed by atoms with Gasteiger partial charge in [0.1, 0.15) is 18.4 Å². The Kier molecular flexibility index (Phi) is 9.50. The molecule has 0 aliphatic rings. The van der Waals surface area contributed by atoms with Gasteiger partial charge < -0.3 is 10.2 Å². The lowest BCUT2D eigenvalue weighted by Gasteiger charge is -2.35. The van der Waals surface area contributed by atoms with Crippen LogP contribution < -0.4 is 9.62 Å². The molecule has 0 aromatic heterocycles. The highest BCUT2D eigenvalue weighted by molar-refractivity contribution is 7.92. The third kappa shape index (κ3) is 8.92. The van der Waals surface area contributed by atoms with Crippen LogP contribution in [0.2, 0.25) is 0 Å². The second-order valence-electron chi connectivity index (χ2n) is 10.7. The molecule has 0 fully saturated rings. The first-order valence-corrected chi connectivity index (χ1v) is 14.5. The van der Waals surface area contributed by atoms with Gasteiger partial charge >= 0.3 is 0 Å². The van der Waals surface area contributed by atoms with E-state index in [9.17, 15) is 22.4 Å². The van der Waals surface area contributed by atoms with E-state index in [1.165, 1.54) is 17.0 Å². The van der Waals surface area contributed by atoms with Crippen LogP contribution in [0.5, 0.6) is 0 Å². The number of nitrogens with one attached hydrogen (secondary N) is 1. The van der Waals surface area contributed by atoms with Crippen molar-refractivity contribution in [2.24, 2.45) is 0 Å². The zero-order chi connectivity index (χ0) is 28.8. The lowest BCUT2D eigenvalue weighted by molar-refractivity contribution is -0.140. The van der Waals surface area contributed by atoms with E-state index in [2.05, 4.69) is 5.32 Å². The maximum atomic E-state index is 14.0. The van der Waals surface area contributed by atoms with E-state index in [0.29, 0.717) is 11.3 Å². The summed E-state index contributed by atoms with van der Waals surface area (Å²) >= 11 is 0. The Labute approximate surface area is 230 Å². The molecule has 0 spiro atoms. The summed E-state index contributed by atoms with van der Waals surface area (Å²) in [5.41, 5.74) is 2.06. The molecule has 0 saturated heterocycles. The van der Waals surface area contributed by atoms with Crippen molar-refractivity contribution in [3.05, 3.63) is 101 Å². The molecule has 9 heteroatoms. The molecule has 2 amide bonds. The normalized spacial score (nSPS) is 12.5. The highest BCUT2D eigenvalue weighted by Gasteiger charge is 2.34. The van der Waals surface area contributed by atoms with Crippen molar-refractivity contribution in [2.75, 3.05) is 17.1 Å². The average molecular weight is 554 g/mol. The van der Waals surface area contributed by atoms with E-state index in [1.807, 2.05) is 64.1 Å². The number of carbonyl (C=O) groups excluding carboxylic acids is 2. The van der Waals surface area contributed by atoms with Crippen LogP contribution in [0.4, 0.5) is 10.1 Å². The van der Waals surface area contributed by atoms with Crippen LogP contribution >= 0.6 is 0 Å². The van der Waals surface area contributed by atoms with Crippen LogP contribution in [0.1, 0.15) is 37.5 Å². The van der Waals surface area contributed by atoms with Crippen LogP contribution in [-0.2, 0) is 32.6 Å². The van der Waals surface area contributed by atoms with Gasteiger partial charge in [0.05, 0.1) is 11.9 Å². The summed E-state index contributed by atoms with van der Waals surface area (Å²) in [6, 6.07) is 20.9. The number of benzene rings is 3. The highest BCUT2D eigenvalue weighted by atomic mass is 32.2. The summed E-state index contributed by atoms with van der Waals surface area (Å²) in [5.74, 6) is -1.36. The van der Waals surface area contributed by atoms with Gasteiger partial charge in [0.25, 0.3) is 0 Å². The van der Waals surface area contributed by atoms with Crippen molar-refractivity contribution in [3.8, 4) is 0 Å². The first-order chi connectivity index (χ1) is 18.2. The van der Waals surface area contributed by atoms with Gasteiger partial charge in [-0.25, -0.2) is 12.8 Å². The Morgan fingerprint density at radius 2 is 1.56 bits per heavy atom. The van der Waals surface area contributed by atoms with Gasteiger partial charge in [0.2, 0.25) is 21.8 Å². The molecule has 39 heavy (non-hydrogen) atoms. The van der Waals surface area contributed by atoms with E-state index < -0.39 is 39.9 Å². The van der Waals surface area contributed by atoms with Gasteiger partial charge in [-0.15, -0.1) is 0 Å². The van der Waals surface area contributed by atoms with Crippen LogP contribution in [-0.4, -0.2) is 49.5 Å². The number of rotatable bonds is 10. The van der Waals surface area contributed by atoms with Crippen molar-refractivity contribution in [3.63, 3.8) is 0 Å². The maximum Gasteiger partial charge on any atom is 0.244 e. The predicted octanol–water partition coefficient (Wildman–Crippen LogP) is 4.45. The SMILES string of the molecule is Cc1cccc(N(CC(=O)N(Cc2ccc(F)cc2)C(Cc2ccccc2)C(=O)NC(C)(C)C)S(C)(=O)=O)c1. The Morgan fingerprint density at radius 1 is 0.923 bits per heavy atom. The Hall–Kier alpha value is -3.72. The number of hydrogen-bond acceptors (Lipinski definition) is 4. The molecular weight excluding hydrogens is 517 g/mol. The summed E-state index contributed by atoms with van der Waals surface area (Å²) in [6.45, 7) is 6.86. The summed E-state index contributed by atoms with van der Waals surface area (Å²) in [7, 11) is -3.84. The maximum absolute atomic E-state index is 14.0. The number of nitrogens with zero attached hydrogens (tertiary/aromatic N) is 2. The predicted molar refractivity (Wildman–Crippen MR) is 152 cm³/mol. The largest absolute Gasteiger partial charge is 0.350 e. The number of carbonyl (C=O) groups is 2. The molecule has 1 unspecified atom stereocenters.